The van der Waals surface area contributed by atoms with Crippen LogP contribution in [0.25, 0.3) is 10.9 Å². The van der Waals surface area contributed by atoms with Gasteiger partial charge in [-0.1, -0.05) is 0 Å². The molecule has 0 unspecified atom stereocenters. The lowest BCUT2D eigenvalue weighted by atomic mass is 10.0. The van der Waals surface area contributed by atoms with Crippen LogP contribution in [0.3, 0.4) is 0 Å². The third-order valence-electron chi connectivity index (χ3n) is 4.39. The Hall–Kier alpha value is -2.76. The number of rotatable bonds is 1. The molecule has 1 aliphatic rings. The van der Waals surface area contributed by atoms with Gasteiger partial charge in [-0.2, -0.15) is 0 Å². The number of carbonyl (C=O) groups is 1. The van der Waals surface area contributed by atoms with Crippen molar-refractivity contribution >= 4 is 16.8 Å². The van der Waals surface area contributed by atoms with Gasteiger partial charge in [0.05, 0.1) is 0 Å². The van der Waals surface area contributed by atoms with Crippen LogP contribution >= 0.6 is 0 Å². The number of benzene rings is 2. The van der Waals surface area contributed by atoms with Gasteiger partial charge in [-0.3, -0.25) is 4.79 Å². The maximum atomic E-state index is 13.5. The number of fused-ring (bicyclic) bond motifs is 3. The summed E-state index contributed by atoms with van der Waals surface area (Å²) >= 11 is 0. The monoisotopic (exact) mass is 330 g/mol. The largest absolute Gasteiger partial charge is 0.358 e. The molecule has 1 aliphatic heterocycles. The van der Waals surface area contributed by atoms with E-state index in [1.165, 1.54) is 18.2 Å². The summed E-state index contributed by atoms with van der Waals surface area (Å²) in [5, 5.41) is 0.743. The highest BCUT2D eigenvalue weighted by Crippen LogP contribution is 2.29. The third-order valence-corrected chi connectivity index (χ3v) is 4.39. The highest BCUT2D eigenvalue weighted by molar-refractivity contribution is 5.95. The molecule has 3 aromatic rings. The average molecular weight is 330 g/mol. The normalized spacial score (nSPS) is 14.0. The topological polar surface area (TPSA) is 36.1 Å². The SMILES string of the molecule is O=C(c1ccc(F)c(F)c1)N1CCc2[nH]c3ccc(F)cc3c2C1. The molecule has 0 saturated carbocycles. The molecule has 2 heterocycles. The van der Waals surface area contributed by atoms with Gasteiger partial charge in [0.15, 0.2) is 11.6 Å². The molecule has 0 atom stereocenters. The zero-order chi connectivity index (χ0) is 16.8. The Labute approximate surface area is 135 Å². The van der Waals surface area contributed by atoms with Gasteiger partial charge in [-0.25, -0.2) is 13.2 Å². The highest BCUT2D eigenvalue weighted by atomic mass is 19.2. The zero-order valence-corrected chi connectivity index (χ0v) is 12.6. The van der Waals surface area contributed by atoms with Crippen LogP contribution < -0.4 is 0 Å². The minimum Gasteiger partial charge on any atom is -0.358 e. The second-order valence-corrected chi connectivity index (χ2v) is 5.88. The lowest BCUT2D eigenvalue weighted by Gasteiger charge is -2.27. The van der Waals surface area contributed by atoms with Crippen molar-refractivity contribution in [3.8, 4) is 0 Å². The van der Waals surface area contributed by atoms with Gasteiger partial charge in [0.25, 0.3) is 5.91 Å². The van der Waals surface area contributed by atoms with E-state index in [-0.39, 0.29) is 17.3 Å². The first-order valence-corrected chi connectivity index (χ1v) is 7.56. The maximum absolute atomic E-state index is 13.5. The summed E-state index contributed by atoms with van der Waals surface area (Å²) in [5.74, 6) is -2.74. The number of nitrogens with one attached hydrogen (secondary N) is 1. The smallest absolute Gasteiger partial charge is 0.254 e. The van der Waals surface area contributed by atoms with Crippen LogP contribution in [0.15, 0.2) is 36.4 Å². The van der Waals surface area contributed by atoms with Crippen LogP contribution in [-0.2, 0) is 13.0 Å². The van der Waals surface area contributed by atoms with Gasteiger partial charge >= 0.3 is 0 Å². The van der Waals surface area contributed by atoms with E-state index in [1.54, 1.807) is 11.0 Å². The molecule has 122 valence electrons. The fourth-order valence-corrected chi connectivity index (χ4v) is 3.17. The van der Waals surface area contributed by atoms with Gasteiger partial charge in [-0.05, 0) is 36.4 Å². The second-order valence-electron chi connectivity index (χ2n) is 5.88. The number of carbonyl (C=O) groups excluding carboxylic acids is 1. The van der Waals surface area contributed by atoms with Crippen molar-refractivity contribution in [1.82, 2.24) is 9.88 Å². The van der Waals surface area contributed by atoms with Crippen molar-refractivity contribution < 1.29 is 18.0 Å². The molecule has 0 saturated heterocycles. The lowest BCUT2D eigenvalue weighted by Crippen LogP contribution is -2.35. The van der Waals surface area contributed by atoms with E-state index in [4.69, 9.17) is 0 Å². The molecule has 1 N–H and O–H groups in total. The van der Waals surface area contributed by atoms with Crippen LogP contribution in [0.1, 0.15) is 21.6 Å². The Balaban J connectivity index is 1.68. The van der Waals surface area contributed by atoms with Crippen molar-refractivity contribution in [2.24, 2.45) is 0 Å². The van der Waals surface area contributed by atoms with Gasteiger partial charge in [0.2, 0.25) is 0 Å². The Morgan fingerprint density at radius 1 is 1.04 bits per heavy atom. The molecule has 0 aliphatic carbocycles. The summed E-state index contributed by atoms with van der Waals surface area (Å²) < 4.78 is 39.9. The highest BCUT2D eigenvalue weighted by Gasteiger charge is 2.25. The van der Waals surface area contributed by atoms with Gasteiger partial charge in [0, 0.05) is 47.2 Å². The predicted octanol–water partition coefficient (Wildman–Crippen LogP) is 3.78. The van der Waals surface area contributed by atoms with Gasteiger partial charge in [-0.15, -0.1) is 0 Å². The van der Waals surface area contributed by atoms with Gasteiger partial charge in [0.1, 0.15) is 5.82 Å². The van der Waals surface area contributed by atoms with Crippen molar-refractivity contribution in [2.75, 3.05) is 6.54 Å². The van der Waals surface area contributed by atoms with Crippen LogP contribution in [0.5, 0.6) is 0 Å². The number of H-pyrrole nitrogens is 1. The quantitative estimate of drug-likeness (QED) is 0.724. The Morgan fingerprint density at radius 2 is 1.88 bits per heavy atom. The molecule has 0 bridgehead atoms. The molecule has 2 aromatic carbocycles. The van der Waals surface area contributed by atoms with E-state index >= 15 is 0 Å². The molecule has 24 heavy (non-hydrogen) atoms. The first-order valence-electron chi connectivity index (χ1n) is 7.56. The summed E-state index contributed by atoms with van der Waals surface area (Å²) in [6.45, 7) is 0.761. The molecule has 0 radical (unpaired) electrons. The predicted molar refractivity (Wildman–Crippen MR) is 83.1 cm³/mol. The number of hydrogen-bond donors (Lipinski definition) is 1. The van der Waals surface area contributed by atoms with Crippen LogP contribution in [0.4, 0.5) is 13.2 Å². The van der Waals surface area contributed by atoms with E-state index in [9.17, 15) is 18.0 Å². The molecule has 4 rings (SSSR count). The zero-order valence-electron chi connectivity index (χ0n) is 12.6. The summed E-state index contributed by atoms with van der Waals surface area (Å²) in [4.78, 5) is 17.4. The van der Waals surface area contributed by atoms with E-state index < -0.39 is 11.6 Å². The summed E-state index contributed by atoms with van der Waals surface area (Å²) in [5.41, 5.74) is 2.77. The summed E-state index contributed by atoms with van der Waals surface area (Å²) in [6.07, 6.45) is 0.598. The van der Waals surface area contributed by atoms with Crippen LogP contribution in [0.2, 0.25) is 0 Å². The number of nitrogens with zero attached hydrogens (tertiary/aromatic N) is 1. The third kappa shape index (κ3) is 2.35. The number of hydrogen-bond acceptors (Lipinski definition) is 1. The standard InChI is InChI=1S/C18H13F3N2O/c19-11-2-4-16-12(8-11)13-9-23(6-5-17(13)22-16)18(24)10-1-3-14(20)15(21)7-10/h1-4,7-8,22H,5-6,9H2. The minimum atomic E-state index is -1.05. The number of aromatic amines is 1. The molecule has 0 fully saturated rings. The van der Waals surface area contributed by atoms with Crippen LogP contribution in [-0.4, -0.2) is 22.3 Å². The average Bonchev–Trinajstić information content (AvgIpc) is 2.94. The van der Waals surface area contributed by atoms with Crippen molar-refractivity contribution in [3.63, 3.8) is 0 Å². The van der Waals surface area contributed by atoms with Gasteiger partial charge < -0.3 is 9.88 Å². The van der Waals surface area contributed by atoms with Crippen molar-refractivity contribution in [3.05, 3.63) is 70.7 Å². The molecule has 3 nitrogen and oxygen atoms in total. The Morgan fingerprint density at radius 3 is 2.67 bits per heavy atom. The Bertz CT molecular complexity index is 964. The fraction of sp³-hybridized carbons (Fsp3) is 0.167. The van der Waals surface area contributed by atoms with E-state index in [1.807, 2.05) is 0 Å². The maximum Gasteiger partial charge on any atom is 0.254 e. The summed E-state index contributed by atoms with van der Waals surface area (Å²) in [7, 11) is 0. The lowest BCUT2D eigenvalue weighted by molar-refractivity contribution is 0.0734. The number of amides is 1. The second kappa shape index (κ2) is 5.40. The van der Waals surface area contributed by atoms with Crippen molar-refractivity contribution in [1.29, 1.82) is 0 Å². The summed E-state index contributed by atoms with van der Waals surface area (Å²) in [6, 6.07) is 7.61. The minimum absolute atomic E-state index is 0.100. The Kier molecular flexibility index (Phi) is 3.33. The molecule has 1 aromatic heterocycles. The molecular formula is C18H13F3N2O. The molecule has 6 heteroatoms. The van der Waals surface area contributed by atoms with E-state index in [0.29, 0.717) is 19.5 Å². The van der Waals surface area contributed by atoms with Crippen LogP contribution in [0, 0.1) is 17.5 Å². The fourth-order valence-electron chi connectivity index (χ4n) is 3.17. The first kappa shape index (κ1) is 14.8. The van der Waals surface area contributed by atoms with E-state index in [0.717, 1.165) is 34.3 Å². The molecular weight excluding hydrogens is 317 g/mol. The van der Waals surface area contributed by atoms with E-state index in [2.05, 4.69) is 4.98 Å². The molecule has 0 spiro atoms. The molecule has 1 amide bonds. The number of halogens is 3. The first-order chi connectivity index (χ1) is 11.5. The van der Waals surface area contributed by atoms with Crippen molar-refractivity contribution in [2.45, 2.75) is 13.0 Å². The number of aromatic nitrogens is 1.